The third kappa shape index (κ3) is 3.66. The summed E-state index contributed by atoms with van der Waals surface area (Å²) in [7, 11) is 0. The molecule has 0 aromatic heterocycles. The minimum absolute atomic E-state index is 0.0253. The van der Waals surface area contributed by atoms with E-state index >= 15 is 0 Å². The maximum atomic E-state index is 14.0. The Morgan fingerprint density at radius 2 is 1.89 bits per heavy atom. The molecule has 2 aromatic carbocycles. The van der Waals surface area contributed by atoms with Crippen LogP contribution in [0.1, 0.15) is 28.8 Å². The number of amides is 1. The molecule has 27 heavy (non-hydrogen) atoms. The van der Waals surface area contributed by atoms with Crippen LogP contribution in [-0.4, -0.2) is 32.5 Å². The molecule has 0 atom stereocenters. The van der Waals surface area contributed by atoms with Crippen molar-refractivity contribution in [3.8, 4) is 11.5 Å². The SMILES string of the molecule is O=C(NCC1(c2ccc3c(c2)OCO3)CCOCC1)c1cc(Br)ccc1F. The largest absolute Gasteiger partial charge is 0.454 e. The van der Waals surface area contributed by atoms with E-state index in [0.29, 0.717) is 30.0 Å². The maximum Gasteiger partial charge on any atom is 0.254 e. The standard InChI is InChI=1S/C20H19BrFNO4/c21-14-2-3-16(22)15(10-14)19(24)23-11-20(5-7-25-8-6-20)13-1-4-17-18(9-13)27-12-26-17/h1-4,9-10H,5-8,11-12H2,(H,23,24). The Morgan fingerprint density at radius 1 is 1.11 bits per heavy atom. The second kappa shape index (κ2) is 7.48. The number of benzene rings is 2. The minimum atomic E-state index is -0.542. The first-order valence-corrected chi connectivity index (χ1v) is 9.58. The number of carbonyl (C=O) groups is 1. The molecule has 0 unspecified atom stereocenters. The van der Waals surface area contributed by atoms with Gasteiger partial charge in [0.25, 0.3) is 5.91 Å². The third-order valence-corrected chi connectivity index (χ3v) is 5.69. The predicted molar refractivity (Wildman–Crippen MR) is 101 cm³/mol. The van der Waals surface area contributed by atoms with Crippen LogP contribution >= 0.6 is 15.9 Å². The summed E-state index contributed by atoms with van der Waals surface area (Å²) in [5.41, 5.74) is 0.791. The first-order valence-electron chi connectivity index (χ1n) is 8.79. The number of hydrogen-bond acceptors (Lipinski definition) is 4. The lowest BCUT2D eigenvalue weighted by Crippen LogP contribution is -2.44. The van der Waals surface area contributed by atoms with Gasteiger partial charge in [0.05, 0.1) is 5.56 Å². The van der Waals surface area contributed by atoms with Crippen LogP contribution in [-0.2, 0) is 10.2 Å². The summed E-state index contributed by atoms with van der Waals surface area (Å²) in [6.07, 6.45) is 1.52. The second-order valence-electron chi connectivity index (χ2n) is 6.77. The highest BCUT2D eigenvalue weighted by Crippen LogP contribution is 2.40. The Morgan fingerprint density at radius 3 is 2.70 bits per heavy atom. The maximum absolute atomic E-state index is 14.0. The van der Waals surface area contributed by atoms with Crippen molar-refractivity contribution in [1.29, 1.82) is 0 Å². The molecule has 7 heteroatoms. The summed E-state index contributed by atoms with van der Waals surface area (Å²) < 4.78 is 31.1. The Kier molecular flexibility index (Phi) is 5.06. The number of fused-ring (bicyclic) bond motifs is 1. The summed E-state index contributed by atoms with van der Waals surface area (Å²) >= 11 is 3.28. The van der Waals surface area contributed by atoms with Crippen molar-refractivity contribution in [2.24, 2.45) is 0 Å². The van der Waals surface area contributed by atoms with Gasteiger partial charge in [-0.3, -0.25) is 4.79 Å². The van der Waals surface area contributed by atoms with E-state index in [1.54, 1.807) is 6.07 Å². The zero-order valence-electron chi connectivity index (χ0n) is 14.6. The average Bonchev–Trinajstić information content (AvgIpc) is 3.16. The average molecular weight is 436 g/mol. The smallest absolute Gasteiger partial charge is 0.254 e. The normalized spacial score (nSPS) is 17.6. The molecule has 2 heterocycles. The van der Waals surface area contributed by atoms with Crippen LogP contribution in [0.4, 0.5) is 4.39 Å². The summed E-state index contributed by atoms with van der Waals surface area (Å²) in [5, 5.41) is 2.92. The van der Waals surface area contributed by atoms with Gasteiger partial charge in [0.2, 0.25) is 6.79 Å². The Labute approximate surface area is 164 Å². The number of halogens is 2. The molecule has 1 amide bonds. The molecule has 1 N–H and O–H groups in total. The number of ether oxygens (including phenoxy) is 3. The highest BCUT2D eigenvalue weighted by atomic mass is 79.9. The molecule has 1 fully saturated rings. The Hall–Kier alpha value is -2.12. The zero-order chi connectivity index (χ0) is 18.9. The van der Waals surface area contributed by atoms with Crippen molar-refractivity contribution >= 4 is 21.8 Å². The fourth-order valence-corrected chi connectivity index (χ4v) is 3.93. The zero-order valence-corrected chi connectivity index (χ0v) is 16.2. The molecule has 0 spiro atoms. The van der Waals surface area contributed by atoms with Crippen LogP contribution in [0.5, 0.6) is 11.5 Å². The first kappa shape index (κ1) is 18.3. The van der Waals surface area contributed by atoms with Crippen LogP contribution in [0.2, 0.25) is 0 Å². The molecule has 0 bridgehead atoms. The lowest BCUT2D eigenvalue weighted by molar-refractivity contribution is 0.0486. The highest BCUT2D eigenvalue weighted by molar-refractivity contribution is 9.10. The molecule has 2 aliphatic heterocycles. The molecule has 142 valence electrons. The first-order chi connectivity index (χ1) is 13.1. The van der Waals surface area contributed by atoms with E-state index in [1.807, 2.05) is 18.2 Å². The van der Waals surface area contributed by atoms with Crippen LogP contribution < -0.4 is 14.8 Å². The van der Waals surface area contributed by atoms with Crippen LogP contribution in [0, 0.1) is 5.82 Å². The van der Waals surface area contributed by atoms with Crippen LogP contribution in [0.3, 0.4) is 0 Å². The number of carbonyl (C=O) groups excluding carboxylic acids is 1. The second-order valence-corrected chi connectivity index (χ2v) is 7.68. The Bertz CT molecular complexity index is 867. The van der Waals surface area contributed by atoms with Crippen LogP contribution in [0.15, 0.2) is 40.9 Å². The summed E-state index contributed by atoms with van der Waals surface area (Å²) in [6, 6.07) is 10.2. The molecule has 2 aliphatic rings. The number of hydrogen-bond donors (Lipinski definition) is 1. The molecule has 0 saturated carbocycles. The Balaban J connectivity index is 1.57. The van der Waals surface area contributed by atoms with Crippen LogP contribution in [0.25, 0.3) is 0 Å². The van der Waals surface area contributed by atoms with E-state index < -0.39 is 11.7 Å². The molecule has 4 rings (SSSR count). The summed E-state index contributed by atoms with van der Waals surface area (Å²) in [6.45, 7) is 1.82. The number of rotatable bonds is 4. The van der Waals surface area contributed by atoms with E-state index in [9.17, 15) is 9.18 Å². The van der Waals surface area contributed by atoms with E-state index in [0.717, 1.165) is 24.2 Å². The topological polar surface area (TPSA) is 56.8 Å². The van der Waals surface area contributed by atoms with Crippen molar-refractivity contribution < 1.29 is 23.4 Å². The van der Waals surface area contributed by atoms with E-state index in [1.165, 1.54) is 12.1 Å². The minimum Gasteiger partial charge on any atom is -0.454 e. The quantitative estimate of drug-likeness (QED) is 0.793. The molecule has 1 saturated heterocycles. The van der Waals surface area contributed by atoms with Gasteiger partial charge in [-0.25, -0.2) is 4.39 Å². The molecule has 5 nitrogen and oxygen atoms in total. The van der Waals surface area contributed by atoms with E-state index in [-0.39, 0.29) is 17.8 Å². The van der Waals surface area contributed by atoms with Crippen molar-refractivity contribution in [2.75, 3.05) is 26.6 Å². The van der Waals surface area contributed by atoms with Gasteiger partial charge in [0.1, 0.15) is 5.82 Å². The van der Waals surface area contributed by atoms with Crippen molar-refractivity contribution in [3.63, 3.8) is 0 Å². The van der Waals surface area contributed by atoms with E-state index in [2.05, 4.69) is 21.2 Å². The monoisotopic (exact) mass is 435 g/mol. The van der Waals surface area contributed by atoms with Gasteiger partial charge in [-0.2, -0.15) is 0 Å². The molecule has 0 aliphatic carbocycles. The van der Waals surface area contributed by atoms with Gasteiger partial charge in [-0.05, 0) is 48.7 Å². The predicted octanol–water partition coefficient (Wildman–Crippen LogP) is 3.80. The van der Waals surface area contributed by atoms with Gasteiger partial charge >= 0.3 is 0 Å². The van der Waals surface area contributed by atoms with Crippen molar-refractivity contribution in [2.45, 2.75) is 18.3 Å². The lowest BCUT2D eigenvalue weighted by Gasteiger charge is -2.38. The highest BCUT2D eigenvalue weighted by Gasteiger charge is 2.36. The molecule has 0 radical (unpaired) electrons. The van der Waals surface area contributed by atoms with Crippen molar-refractivity contribution in [1.82, 2.24) is 5.32 Å². The fourth-order valence-electron chi connectivity index (χ4n) is 3.57. The van der Waals surface area contributed by atoms with Gasteiger partial charge in [-0.1, -0.05) is 22.0 Å². The van der Waals surface area contributed by atoms with E-state index in [4.69, 9.17) is 14.2 Å². The fraction of sp³-hybridized carbons (Fsp3) is 0.350. The molecular formula is C20H19BrFNO4. The van der Waals surface area contributed by atoms with Gasteiger partial charge in [0.15, 0.2) is 11.5 Å². The van der Waals surface area contributed by atoms with Crippen molar-refractivity contribution in [3.05, 3.63) is 57.8 Å². The molecule has 2 aromatic rings. The molecular weight excluding hydrogens is 417 g/mol. The van der Waals surface area contributed by atoms with Gasteiger partial charge in [-0.15, -0.1) is 0 Å². The van der Waals surface area contributed by atoms with Gasteiger partial charge in [0, 0.05) is 29.6 Å². The summed E-state index contributed by atoms with van der Waals surface area (Å²) in [4.78, 5) is 12.6. The lowest BCUT2D eigenvalue weighted by atomic mass is 9.74. The number of nitrogens with one attached hydrogen (secondary N) is 1. The summed E-state index contributed by atoms with van der Waals surface area (Å²) in [5.74, 6) is 0.462. The third-order valence-electron chi connectivity index (χ3n) is 5.20. The van der Waals surface area contributed by atoms with Gasteiger partial charge < -0.3 is 19.5 Å².